The van der Waals surface area contributed by atoms with E-state index in [1.54, 1.807) is 12.3 Å². The van der Waals surface area contributed by atoms with Crippen LogP contribution < -0.4 is 5.56 Å². The lowest BCUT2D eigenvalue weighted by molar-refractivity contribution is -0.0204. The normalized spacial score (nSPS) is 14.2. The van der Waals surface area contributed by atoms with Crippen molar-refractivity contribution in [3.05, 3.63) is 82.2 Å². The molecule has 0 aliphatic carbocycles. The number of halogens is 1. The first-order valence-electron chi connectivity index (χ1n) is 11.2. The van der Waals surface area contributed by atoms with Gasteiger partial charge in [-0.2, -0.15) is 0 Å². The van der Waals surface area contributed by atoms with Crippen LogP contribution in [0.25, 0.3) is 44.6 Å². The second-order valence-electron chi connectivity index (χ2n) is 8.70. The van der Waals surface area contributed by atoms with E-state index in [2.05, 4.69) is 9.97 Å². The Balaban J connectivity index is 1.59. The molecule has 36 heavy (non-hydrogen) atoms. The molecule has 3 aromatic heterocycles. The molecule has 5 aromatic rings. The third-order valence-electron chi connectivity index (χ3n) is 6.12. The number of sulfone groups is 1. The van der Waals surface area contributed by atoms with Gasteiger partial charge in [0.2, 0.25) is 0 Å². The predicted octanol–water partition coefficient (Wildman–Crippen LogP) is 4.27. The van der Waals surface area contributed by atoms with Gasteiger partial charge in [0.05, 0.1) is 40.9 Å². The third-order valence-corrected chi connectivity index (χ3v) is 8.29. The molecule has 0 bridgehead atoms. The maximum Gasteiger partial charge on any atom is 0.268 e. The summed E-state index contributed by atoms with van der Waals surface area (Å²) >= 11 is 6.55. The molecule has 4 heterocycles. The molecule has 0 unspecified atom stereocenters. The maximum atomic E-state index is 13.0. The van der Waals surface area contributed by atoms with Crippen molar-refractivity contribution in [1.82, 2.24) is 19.9 Å². The molecule has 10 heteroatoms. The van der Waals surface area contributed by atoms with E-state index in [-0.39, 0.29) is 27.7 Å². The second kappa shape index (κ2) is 8.77. The van der Waals surface area contributed by atoms with Gasteiger partial charge in [-0.25, -0.2) is 18.4 Å². The molecule has 0 radical (unpaired) electrons. The van der Waals surface area contributed by atoms with Crippen LogP contribution in [-0.2, 0) is 14.6 Å². The van der Waals surface area contributed by atoms with Crippen molar-refractivity contribution >= 4 is 43.5 Å². The number of hydrogen-bond acceptors (Lipinski definition) is 7. The molecule has 8 nitrogen and oxygen atoms in total. The van der Waals surface area contributed by atoms with Gasteiger partial charge >= 0.3 is 0 Å². The van der Waals surface area contributed by atoms with E-state index in [0.717, 1.165) is 10.9 Å². The van der Waals surface area contributed by atoms with Crippen LogP contribution in [0.4, 0.5) is 0 Å². The maximum absolute atomic E-state index is 13.0. The molecule has 2 aromatic carbocycles. The lowest BCUT2D eigenvalue weighted by atomic mass is 10.0. The zero-order valence-electron chi connectivity index (χ0n) is 18.8. The number of ether oxygens (including phenoxy) is 1. The van der Waals surface area contributed by atoms with Gasteiger partial charge in [0.15, 0.2) is 15.5 Å². The van der Waals surface area contributed by atoms with Gasteiger partial charge in [-0.05, 0) is 24.3 Å². The number of fused-ring (bicyclic) bond motifs is 2. The quantitative estimate of drug-likeness (QED) is 0.369. The Labute approximate surface area is 210 Å². The van der Waals surface area contributed by atoms with Gasteiger partial charge < -0.3 is 9.72 Å². The number of aromatic amines is 1. The minimum atomic E-state index is -3.84. The SMILES string of the molecule is O=c1[nH]c2nc(-c3ccccc3)c(-c3cc(Cl)c4ncccc4c3)nc2cc1S(=O)(=O)CC1COC1. The van der Waals surface area contributed by atoms with Crippen molar-refractivity contribution in [2.45, 2.75) is 4.90 Å². The number of pyridine rings is 2. The van der Waals surface area contributed by atoms with Gasteiger partial charge in [-0.15, -0.1) is 0 Å². The van der Waals surface area contributed by atoms with Gasteiger partial charge in [-0.3, -0.25) is 9.78 Å². The topological polar surface area (TPSA) is 115 Å². The summed E-state index contributed by atoms with van der Waals surface area (Å²) in [5.41, 5.74) is 2.91. The summed E-state index contributed by atoms with van der Waals surface area (Å²) in [5.74, 6) is -0.280. The number of H-pyrrole nitrogens is 1. The van der Waals surface area contributed by atoms with Crippen molar-refractivity contribution < 1.29 is 13.2 Å². The molecule has 1 fully saturated rings. The summed E-state index contributed by atoms with van der Waals surface area (Å²) < 4.78 is 31.1. The first-order chi connectivity index (χ1) is 17.4. The van der Waals surface area contributed by atoms with Crippen LogP contribution >= 0.6 is 11.6 Å². The summed E-state index contributed by atoms with van der Waals surface area (Å²) in [7, 11) is -3.84. The van der Waals surface area contributed by atoms with Crippen LogP contribution in [0.15, 0.2) is 76.6 Å². The number of hydrogen-bond donors (Lipinski definition) is 1. The highest BCUT2D eigenvalue weighted by Crippen LogP contribution is 2.35. The van der Waals surface area contributed by atoms with Crippen molar-refractivity contribution in [3.8, 4) is 22.5 Å². The van der Waals surface area contributed by atoms with Gasteiger partial charge in [0.25, 0.3) is 5.56 Å². The Morgan fingerprint density at radius 3 is 2.50 bits per heavy atom. The molecule has 0 atom stereocenters. The third kappa shape index (κ3) is 4.05. The molecule has 0 amide bonds. The number of rotatable bonds is 5. The Kier molecular flexibility index (Phi) is 5.55. The fourth-order valence-electron chi connectivity index (χ4n) is 4.29. The Hall–Kier alpha value is -3.66. The van der Waals surface area contributed by atoms with Crippen LogP contribution in [0.3, 0.4) is 0 Å². The minimum absolute atomic E-state index is 0.124. The van der Waals surface area contributed by atoms with Crippen molar-refractivity contribution in [1.29, 1.82) is 0 Å². The van der Waals surface area contributed by atoms with Crippen LogP contribution in [0.2, 0.25) is 5.02 Å². The summed E-state index contributed by atoms with van der Waals surface area (Å²) in [6, 6.07) is 18.1. The molecular weight excluding hydrogens is 500 g/mol. The number of benzene rings is 2. The lowest BCUT2D eigenvalue weighted by Gasteiger charge is -2.25. The van der Waals surface area contributed by atoms with E-state index in [4.69, 9.17) is 26.3 Å². The number of aromatic nitrogens is 4. The highest BCUT2D eigenvalue weighted by atomic mass is 35.5. The highest BCUT2D eigenvalue weighted by Gasteiger charge is 2.29. The standard InChI is InChI=1S/C26H19ClN4O4S/c27-19-10-18(9-17-7-4-8-28-22(17)19)24-23(16-5-2-1-3-6-16)30-25-20(29-24)11-21(26(32)31-25)36(33,34)14-15-12-35-13-15/h1-11,15H,12-14H2,(H,30,31,32). The molecule has 6 rings (SSSR count). The lowest BCUT2D eigenvalue weighted by Crippen LogP contribution is -2.35. The fraction of sp³-hybridized carbons (Fsp3) is 0.154. The molecule has 1 aliphatic rings. The summed E-state index contributed by atoms with van der Waals surface area (Å²) in [5, 5.41) is 1.28. The van der Waals surface area contributed by atoms with E-state index < -0.39 is 15.4 Å². The smallest absolute Gasteiger partial charge is 0.268 e. The van der Waals surface area contributed by atoms with Crippen LogP contribution in [0, 0.1) is 5.92 Å². The molecule has 1 saturated heterocycles. The van der Waals surface area contributed by atoms with Gasteiger partial charge in [0, 0.05) is 28.6 Å². The van der Waals surface area contributed by atoms with E-state index in [1.807, 2.05) is 48.5 Å². The van der Waals surface area contributed by atoms with Gasteiger partial charge in [-0.1, -0.05) is 48.0 Å². The van der Waals surface area contributed by atoms with Crippen LogP contribution in [0.1, 0.15) is 0 Å². The van der Waals surface area contributed by atoms with E-state index in [9.17, 15) is 13.2 Å². The average molecular weight is 519 g/mol. The highest BCUT2D eigenvalue weighted by molar-refractivity contribution is 7.91. The zero-order chi connectivity index (χ0) is 24.9. The minimum Gasteiger partial charge on any atom is -0.381 e. The largest absolute Gasteiger partial charge is 0.381 e. The second-order valence-corrected chi connectivity index (χ2v) is 11.1. The summed E-state index contributed by atoms with van der Waals surface area (Å²) in [6.45, 7) is 0.735. The van der Waals surface area contributed by atoms with E-state index in [0.29, 0.717) is 40.7 Å². The summed E-state index contributed by atoms with van der Waals surface area (Å²) in [6.07, 6.45) is 1.67. The molecule has 1 aliphatic heterocycles. The average Bonchev–Trinajstić information content (AvgIpc) is 2.85. The molecule has 0 saturated carbocycles. The molecule has 1 N–H and O–H groups in total. The zero-order valence-corrected chi connectivity index (χ0v) is 20.4. The number of nitrogens with one attached hydrogen (secondary N) is 1. The number of nitrogens with zero attached hydrogens (tertiary/aromatic N) is 3. The molecule has 0 spiro atoms. The Morgan fingerprint density at radius 2 is 1.75 bits per heavy atom. The predicted molar refractivity (Wildman–Crippen MR) is 138 cm³/mol. The first-order valence-corrected chi connectivity index (χ1v) is 13.3. The van der Waals surface area contributed by atoms with Crippen molar-refractivity contribution in [2.24, 2.45) is 5.92 Å². The van der Waals surface area contributed by atoms with E-state index >= 15 is 0 Å². The molecular formula is C26H19ClN4O4S. The van der Waals surface area contributed by atoms with Crippen molar-refractivity contribution in [2.75, 3.05) is 19.0 Å². The van der Waals surface area contributed by atoms with Crippen molar-refractivity contribution in [3.63, 3.8) is 0 Å². The fourth-order valence-corrected chi connectivity index (χ4v) is 6.19. The van der Waals surface area contributed by atoms with Crippen LogP contribution in [-0.4, -0.2) is 47.3 Å². The Bertz CT molecular complexity index is 1800. The van der Waals surface area contributed by atoms with Crippen LogP contribution in [0.5, 0.6) is 0 Å². The van der Waals surface area contributed by atoms with Gasteiger partial charge in [0.1, 0.15) is 10.4 Å². The first kappa shape index (κ1) is 22.8. The van der Waals surface area contributed by atoms with E-state index in [1.165, 1.54) is 6.07 Å². The Morgan fingerprint density at radius 1 is 0.972 bits per heavy atom. The molecule has 180 valence electrons. The summed E-state index contributed by atoms with van der Waals surface area (Å²) in [4.78, 5) is 29.0. The monoisotopic (exact) mass is 518 g/mol.